The second kappa shape index (κ2) is 9.96. The summed E-state index contributed by atoms with van der Waals surface area (Å²) in [7, 11) is 3.33. The number of aromatic nitrogens is 1. The number of rotatable bonds is 7. The van der Waals surface area contributed by atoms with Crippen molar-refractivity contribution in [2.45, 2.75) is 32.2 Å². The third-order valence-corrected chi connectivity index (χ3v) is 8.30. The van der Waals surface area contributed by atoms with E-state index >= 15 is 0 Å². The van der Waals surface area contributed by atoms with Crippen LogP contribution in [0.5, 0.6) is 23.0 Å². The molecular formula is C33H29N2O6+. The highest BCUT2D eigenvalue weighted by molar-refractivity contribution is 5.95. The molecule has 0 saturated carbocycles. The molecule has 1 aromatic heterocycles. The van der Waals surface area contributed by atoms with E-state index in [0.29, 0.717) is 11.1 Å². The van der Waals surface area contributed by atoms with Crippen LogP contribution in [0.3, 0.4) is 0 Å². The predicted molar refractivity (Wildman–Crippen MR) is 155 cm³/mol. The van der Waals surface area contributed by atoms with Gasteiger partial charge in [0.1, 0.15) is 0 Å². The van der Waals surface area contributed by atoms with Crippen LogP contribution in [0.1, 0.15) is 23.1 Å². The Morgan fingerprint density at radius 2 is 1.71 bits per heavy atom. The normalized spacial score (nSPS) is 13.2. The standard InChI is InChI=1S/C33H29N2O6/c1-38-29-13-11-23-25(9-5-6-20-10-12-28(35(36)37)24-8-4-3-7-22(20)24)32-26-17-31-30(40-19-41-31)16-21(26)14-15-34(32)18-27(23)33(29)39-2/h3-4,7-8,10-13,16-18H,5-6,9,14-15,19H2,1-2H3/q+1. The average molecular weight is 550 g/mol. The van der Waals surface area contributed by atoms with E-state index in [0.717, 1.165) is 76.8 Å². The summed E-state index contributed by atoms with van der Waals surface area (Å²) in [5, 5.41) is 15.4. The molecule has 3 heterocycles. The Kier molecular flexibility index (Phi) is 6.11. The number of ether oxygens (including phenoxy) is 4. The molecule has 8 heteroatoms. The van der Waals surface area contributed by atoms with E-state index in [9.17, 15) is 10.1 Å². The van der Waals surface area contributed by atoms with Crippen molar-refractivity contribution in [1.82, 2.24) is 0 Å². The Labute approximate surface area is 236 Å². The van der Waals surface area contributed by atoms with E-state index in [4.69, 9.17) is 18.9 Å². The quantitative estimate of drug-likeness (QED) is 0.134. The first-order valence-electron chi connectivity index (χ1n) is 13.7. The minimum Gasteiger partial charge on any atom is -0.493 e. The van der Waals surface area contributed by atoms with Gasteiger partial charge in [0.25, 0.3) is 5.69 Å². The zero-order valence-corrected chi connectivity index (χ0v) is 22.9. The summed E-state index contributed by atoms with van der Waals surface area (Å²) in [5.41, 5.74) is 6.06. The lowest BCUT2D eigenvalue weighted by Gasteiger charge is -2.21. The number of nitrogens with zero attached hydrogens (tertiary/aromatic N) is 2. The Hall–Kier alpha value is -4.85. The molecule has 206 valence electrons. The van der Waals surface area contributed by atoms with E-state index in [1.165, 1.54) is 16.8 Å². The molecule has 0 aliphatic carbocycles. The lowest BCUT2D eigenvalue weighted by Crippen LogP contribution is -2.41. The van der Waals surface area contributed by atoms with Crippen molar-refractivity contribution in [3.8, 4) is 34.3 Å². The number of hydrogen-bond acceptors (Lipinski definition) is 6. The summed E-state index contributed by atoms with van der Waals surface area (Å²) in [6, 6.07) is 19.4. The van der Waals surface area contributed by atoms with Gasteiger partial charge in [0, 0.05) is 23.4 Å². The fraction of sp³-hybridized carbons (Fsp3) is 0.242. The van der Waals surface area contributed by atoms with Crippen molar-refractivity contribution < 1.29 is 28.4 Å². The molecular weight excluding hydrogens is 520 g/mol. The first kappa shape index (κ1) is 25.1. The van der Waals surface area contributed by atoms with E-state index < -0.39 is 0 Å². The zero-order valence-electron chi connectivity index (χ0n) is 22.9. The highest BCUT2D eigenvalue weighted by atomic mass is 16.7. The molecule has 0 unspecified atom stereocenters. The topological polar surface area (TPSA) is 83.9 Å². The number of aryl methyl sites for hydroxylation is 4. The summed E-state index contributed by atoms with van der Waals surface area (Å²) in [4.78, 5) is 11.3. The first-order chi connectivity index (χ1) is 20.1. The van der Waals surface area contributed by atoms with Crippen molar-refractivity contribution in [2.24, 2.45) is 0 Å². The Morgan fingerprint density at radius 1 is 0.902 bits per heavy atom. The van der Waals surface area contributed by atoms with Crippen molar-refractivity contribution in [3.05, 3.63) is 93.7 Å². The largest absolute Gasteiger partial charge is 0.493 e. The summed E-state index contributed by atoms with van der Waals surface area (Å²) < 4.78 is 25.2. The molecule has 4 aromatic carbocycles. The summed E-state index contributed by atoms with van der Waals surface area (Å²) in [6.07, 6.45) is 5.52. The fourth-order valence-electron chi connectivity index (χ4n) is 6.44. The molecule has 0 fully saturated rings. The SMILES string of the molecule is COc1ccc2c(CCCc3ccc([N+](=O)[O-])c4ccccc34)c3[n+](cc2c1OC)CCc1cc2c(cc1-3)OCO2. The van der Waals surface area contributed by atoms with Crippen molar-refractivity contribution in [3.63, 3.8) is 0 Å². The molecule has 0 spiro atoms. The smallest absolute Gasteiger partial charge is 0.277 e. The molecule has 41 heavy (non-hydrogen) atoms. The van der Waals surface area contributed by atoms with Crippen molar-refractivity contribution >= 4 is 27.2 Å². The molecule has 0 N–H and O–H groups in total. The zero-order chi connectivity index (χ0) is 28.1. The van der Waals surface area contributed by atoms with Crippen LogP contribution in [0, 0.1) is 10.1 Å². The molecule has 0 amide bonds. The molecule has 7 rings (SSSR count). The lowest BCUT2D eigenvalue weighted by atomic mass is 9.88. The highest BCUT2D eigenvalue weighted by Gasteiger charge is 2.32. The van der Waals surface area contributed by atoms with Crippen LogP contribution in [0.2, 0.25) is 0 Å². The number of benzene rings is 4. The van der Waals surface area contributed by atoms with Crippen LogP contribution in [-0.4, -0.2) is 25.9 Å². The number of pyridine rings is 1. The number of fused-ring (bicyclic) bond motifs is 6. The van der Waals surface area contributed by atoms with Crippen LogP contribution in [0.15, 0.2) is 66.9 Å². The molecule has 5 aromatic rings. The number of non-ortho nitro benzene ring substituents is 1. The van der Waals surface area contributed by atoms with Gasteiger partial charge in [-0.1, -0.05) is 24.3 Å². The second-order valence-corrected chi connectivity index (χ2v) is 10.4. The maximum Gasteiger partial charge on any atom is 0.277 e. The number of nitro benzene ring substituents is 1. The van der Waals surface area contributed by atoms with Gasteiger partial charge in [-0.05, 0) is 66.1 Å². The Morgan fingerprint density at radius 3 is 2.49 bits per heavy atom. The van der Waals surface area contributed by atoms with Crippen LogP contribution < -0.4 is 23.5 Å². The molecule has 0 saturated heterocycles. The first-order valence-corrected chi connectivity index (χ1v) is 13.7. The van der Waals surface area contributed by atoms with Crippen LogP contribution in [-0.2, 0) is 25.8 Å². The van der Waals surface area contributed by atoms with Crippen LogP contribution in [0.25, 0.3) is 32.8 Å². The van der Waals surface area contributed by atoms with E-state index in [2.05, 4.69) is 29.0 Å². The molecule has 2 aliphatic rings. The third-order valence-electron chi connectivity index (χ3n) is 8.30. The number of nitro groups is 1. The Bertz CT molecular complexity index is 1870. The fourth-order valence-corrected chi connectivity index (χ4v) is 6.44. The van der Waals surface area contributed by atoms with Gasteiger partial charge in [0.15, 0.2) is 35.7 Å². The molecule has 0 radical (unpaired) electrons. The predicted octanol–water partition coefficient (Wildman–Crippen LogP) is 6.33. The monoisotopic (exact) mass is 549 g/mol. The van der Waals surface area contributed by atoms with Gasteiger partial charge in [-0.3, -0.25) is 10.1 Å². The van der Waals surface area contributed by atoms with Gasteiger partial charge < -0.3 is 18.9 Å². The van der Waals surface area contributed by atoms with Gasteiger partial charge >= 0.3 is 0 Å². The third kappa shape index (κ3) is 4.09. The van der Waals surface area contributed by atoms with Crippen LogP contribution in [0.4, 0.5) is 5.69 Å². The maximum absolute atomic E-state index is 11.6. The van der Waals surface area contributed by atoms with Crippen molar-refractivity contribution in [1.29, 1.82) is 0 Å². The Balaban J connectivity index is 1.34. The van der Waals surface area contributed by atoms with Gasteiger partial charge in [0.2, 0.25) is 12.5 Å². The van der Waals surface area contributed by atoms with Gasteiger partial charge in [-0.15, -0.1) is 0 Å². The van der Waals surface area contributed by atoms with E-state index in [1.54, 1.807) is 20.3 Å². The van der Waals surface area contributed by atoms with E-state index in [-0.39, 0.29) is 17.4 Å². The van der Waals surface area contributed by atoms with Crippen molar-refractivity contribution in [2.75, 3.05) is 21.0 Å². The molecule has 8 nitrogen and oxygen atoms in total. The highest BCUT2D eigenvalue weighted by Crippen LogP contribution is 2.44. The average Bonchev–Trinajstić information content (AvgIpc) is 3.46. The van der Waals surface area contributed by atoms with Gasteiger partial charge in [-0.25, -0.2) is 0 Å². The molecule has 0 atom stereocenters. The second-order valence-electron chi connectivity index (χ2n) is 10.4. The minimum atomic E-state index is -0.309. The van der Waals surface area contributed by atoms with Gasteiger partial charge in [0.05, 0.1) is 35.5 Å². The summed E-state index contributed by atoms with van der Waals surface area (Å²) >= 11 is 0. The van der Waals surface area contributed by atoms with E-state index in [1.807, 2.05) is 36.4 Å². The summed E-state index contributed by atoms with van der Waals surface area (Å²) in [6.45, 7) is 1.07. The molecule has 2 aliphatic heterocycles. The van der Waals surface area contributed by atoms with Crippen LogP contribution >= 0.6 is 0 Å². The summed E-state index contributed by atoms with van der Waals surface area (Å²) in [5.74, 6) is 2.99. The number of methoxy groups -OCH3 is 2. The number of hydrogen-bond donors (Lipinski definition) is 0. The lowest BCUT2D eigenvalue weighted by molar-refractivity contribution is -0.686. The maximum atomic E-state index is 11.6. The molecule has 0 bridgehead atoms. The van der Waals surface area contributed by atoms with Gasteiger partial charge in [-0.2, -0.15) is 4.57 Å². The minimum absolute atomic E-state index is 0.139.